The molecule has 2 heterocycles. The van der Waals surface area contributed by atoms with E-state index in [0.717, 1.165) is 50.4 Å². The first-order valence-corrected chi connectivity index (χ1v) is 8.74. The summed E-state index contributed by atoms with van der Waals surface area (Å²) in [6, 6.07) is 6.15. The molecule has 2 aliphatic heterocycles. The number of anilines is 1. The second-order valence-corrected chi connectivity index (χ2v) is 7.29. The normalized spacial score (nSPS) is 21.3. The minimum absolute atomic E-state index is 0.0982. The lowest BCUT2D eigenvalue weighted by atomic mass is 9.74. The van der Waals surface area contributed by atoms with Crippen molar-refractivity contribution in [2.75, 3.05) is 38.2 Å². The van der Waals surface area contributed by atoms with Crippen LogP contribution in [0.15, 0.2) is 18.2 Å². The molecular formula is C19H28N2O2. The van der Waals surface area contributed by atoms with E-state index in [0.29, 0.717) is 12.0 Å². The van der Waals surface area contributed by atoms with Crippen LogP contribution < -0.4 is 5.32 Å². The van der Waals surface area contributed by atoms with Crippen LogP contribution >= 0.6 is 0 Å². The van der Waals surface area contributed by atoms with Crippen molar-refractivity contribution < 1.29 is 9.53 Å². The van der Waals surface area contributed by atoms with Gasteiger partial charge in [0.25, 0.3) is 0 Å². The predicted octanol–water partition coefficient (Wildman–Crippen LogP) is 3.13. The van der Waals surface area contributed by atoms with Crippen molar-refractivity contribution in [1.82, 2.24) is 4.90 Å². The standard InChI is InChI=1S/C19H28N2O2/c1-15-4-5-17(16(2)12-15)20-18(22)13-21-9-3-6-19(14-21)7-10-23-11-8-19/h4-5,12H,3,6-11,13-14H2,1-2H3,(H,20,22). The van der Waals surface area contributed by atoms with Crippen molar-refractivity contribution in [3.05, 3.63) is 29.3 Å². The highest BCUT2D eigenvalue weighted by Gasteiger charge is 2.37. The van der Waals surface area contributed by atoms with E-state index in [1.807, 2.05) is 19.1 Å². The molecule has 0 aliphatic carbocycles. The summed E-state index contributed by atoms with van der Waals surface area (Å²) in [6.07, 6.45) is 4.76. The van der Waals surface area contributed by atoms with Gasteiger partial charge in [-0.2, -0.15) is 0 Å². The summed E-state index contributed by atoms with van der Waals surface area (Å²) in [7, 11) is 0. The number of rotatable bonds is 3. The molecule has 1 aromatic carbocycles. The summed E-state index contributed by atoms with van der Waals surface area (Å²) in [6.45, 7) is 8.43. The van der Waals surface area contributed by atoms with Gasteiger partial charge in [0, 0.05) is 25.4 Å². The highest BCUT2D eigenvalue weighted by Crippen LogP contribution is 2.39. The van der Waals surface area contributed by atoms with Crippen LogP contribution in [0.4, 0.5) is 5.69 Å². The number of hydrogen-bond donors (Lipinski definition) is 1. The van der Waals surface area contributed by atoms with E-state index >= 15 is 0 Å². The zero-order valence-electron chi connectivity index (χ0n) is 14.4. The first kappa shape index (κ1) is 16.5. The fourth-order valence-electron chi connectivity index (χ4n) is 4.00. The van der Waals surface area contributed by atoms with Crippen molar-refractivity contribution >= 4 is 11.6 Å². The molecular weight excluding hydrogens is 288 g/mol. The van der Waals surface area contributed by atoms with E-state index in [2.05, 4.69) is 23.2 Å². The van der Waals surface area contributed by atoms with Gasteiger partial charge in [-0.25, -0.2) is 0 Å². The molecule has 0 atom stereocenters. The second-order valence-electron chi connectivity index (χ2n) is 7.29. The Labute approximate surface area is 139 Å². The Morgan fingerprint density at radius 2 is 2.04 bits per heavy atom. The Morgan fingerprint density at radius 3 is 2.78 bits per heavy atom. The summed E-state index contributed by atoms with van der Waals surface area (Å²) < 4.78 is 5.52. The molecule has 1 amide bonds. The van der Waals surface area contributed by atoms with Gasteiger partial charge in [-0.1, -0.05) is 17.7 Å². The minimum Gasteiger partial charge on any atom is -0.381 e. The molecule has 0 radical (unpaired) electrons. The van der Waals surface area contributed by atoms with Gasteiger partial charge in [-0.15, -0.1) is 0 Å². The maximum Gasteiger partial charge on any atom is 0.238 e. The monoisotopic (exact) mass is 316 g/mol. The number of nitrogens with zero attached hydrogens (tertiary/aromatic N) is 1. The van der Waals surface area contributed by atoms with Crippen LogP contribution in [0.3, 0.4) is 0 Å². The zero-order valence-corrected chi connectivity index (χ0v) is 14.4. The van der Waals surface area contributed by atoms with Crippen LogP contribution in [-0.2, 0) is 9.53 Å². The lowest BCUT2D eigenvalue weighted by molar-refractivity contribution is -0.118. The predicted molar refractivity (Wildman–Crippen MR) is 92.7 cm³/mol. The number of carbonyl (C=O) groups excluding carboxylic acids is 1. The van der Waals surface area contributed by atoms with Crippen LogP contribution in [0.25, 0.3) is 0 Å². The van der Waals surface area contributed by atoms with Crippen molar-refractivity contribution in [3.8, 4) is 0 Å². The topological polar surface area (TPSA) is 41.6 Å². The van der Waals surface area contributed by atoms with E-state index in [9.17, 15) is 4.79 Å². The number of carbonyl (C=O) groups is 1. The maximum atomic E-state index is 12.4. The van der Waals surface area contributed by atoms with Crippen LogP contribution in [0.2, 0.25) is 0 Å². The molecule has 0 bridgehead atoms. The Hall–Kier alpha value is -1.39. The van der Waals surface area contributed by atoms with Crippen molar-refractivity contribution in [3.63, 3.8) is 0 Å². The SMILES string of the molecule is Cc1ccc(NC(=O)CN2CCCC3(CCOCC3)C2)c(C)c1. The number of likely N-dealkylation sites (tertiary alicyclic amines) is 1. The van der Waals surface area contributed by atoms with Gasteiger partial charge in [0.2, 0.25) is 5.91 Å². The molecule has 0 aromatic heterocycles. The number of piperidine rings is 1. The molecule has 23 heavy (non-hydrogen) atoms. The summed E-state index contributed by atoms with van der Waals surface area (Å²) in [4.78, 5) is 14.7. The third-order valence-electron chi connectivity index (χ3n) is 5.32. The van der Waals surface area contributed by atoms with Crippen molar-refractivity contribution in [2.24, 2.45) is 5.41 Å². The number of aryl methyl sites for hydroxylation is 2. The lowest BCUT2D eigenvalue weighted by Gasteiger charge is -2.44. The average molecular weight is 316 g/mol. The second kappa shape index (κ2) is 7.02. The Balaban J connectivity index is 1.57. The van der Waals surface area contributed by atoms with Crippen LogP contribution in [-0.4, -0.2) is 43.7 Å². The van der Waals surface area contributed by atoms with E-state index < -0.39 is 0 Å². The molecule has 3 rings (SSSR count). The Bertz CT molecular complexity index is 559. The number of amides is 1. The molecule has 1 aromatic rings. The molecule has 1 spiro atoms. The van der Waals surface area contributed by atoms with Gasteiger partial charge < -0.3 is 10.1 Å². The molecule has 1 N–H and O–H groups in total. The van der Waals surface area contributed by atoms with Crippen molar-refractivity contribution in [2.45, 2.75) is 39.5 Å². The largest absolute Gasteiger partial charge is 0.381 e. The first-order valence-electron chi connectivity index (χ1n) is 8.74. The molecule has 126 valence electrons. The van der Waals surface area contributed by atoms with Gasteiger partial charge >= 0.3 is 0 Å². The summed E-state index contributed by atoms with van der Waals surface area (Å²) in [5, 5.41) is 3.07. The third-order valence-corrected chi connectivity index (χ3v) is 5.32. The first-order chi connectivity index (χ1) is 11.1. The number of ether oxygens (including phenoxy) is 1. The van der Waals surface area contributed by atoms with E-state index in [1.54, 1.807) is 0 Å². The fraction of sp³-hybridized carbons (Fsp3) is 0.632. The van der Waals surface area contributed by atoms with E-state index in [1.165, 1.54) is 18.4 Å². The highest BCUT2D eigenvalue weighted by atomic mass is 16.5. The number of benzene rings is 1. The molecule has 2 saturated heterocycles. The molecule has 0 unspecified atom stereocenters. The highest BCUT2D eigenvalue weighted by molar-refractivity contribution is 5.93. The average Bonchev–Trinajstić information content (AvgIpc) is 2.51. The number of nitrogens with one attached hydrogen (secondary N) is 1. The summed E-state index contributed by atoms with van der Waals surface area (Å²) in [5.41, 5.74) is 3.66. The third kappa shape index (κ3) is 4.12. The van der Waals surface area contributed by atoms with Crippen LogP contribution in [0.1, 0.15) is 36.8 Å². The molecule has 0 saturated carbocycles. The maximum absolute atomic E-state index is 12.4. The van der Waals surface area contributed by atoms with Crippen molar-refractivity contribution in [1.29, 1.82) is 0 Å². The summed E-state index contributed by atoms with van der Waals surface area (Å²) in [5.74, 6) is 0.0982. The Morgan fingerprint density at radius 1 is 1.26 bits per heavy atom. The lowest BCUT2D eigenvalue weighted by Crippen LogP contribution is -2.48. The van der Waals surface area contributed by atoms with E-state index in [4.69, 9.17) is 4.74 Å². The van der Waals surface area contributed by atoms with Crippen LogP contribution in [0.5, 0.6) is 0 Å². The number of hydrogen-bond acceptors (Lipinski definition) is 3. The molecule has 2 aliphatic rings. The van der Waals surface area contributed by atoms with Gasteiger partial charge in [-0.05, 0) is 63.1 Å². The molecule has 2 fully saturated rings. The minimum atomic E-state index is 0.0982. The van der Waals surface area contributed by atoms with Gasteiger partial charge in [0.15, 0.2) is 0 Å². The van der Waals surface area contributed by atoms with Crippen LogP contribution in [0, 0.1) is 19.3 Å². The zero-order chi connectivity index (χ0) is 16.3. The van der Waals surface area contributed by atoms with Gasteiger partial charge in [0.05, 0.1) is 6.54 Å². The quantitative estimate of drug-likeness (QED) is 0.931. The smallest absolute Gasteiger partial charge is 0.238 e. The van der Waals surface area contributed by atoms with Gasteiger partial charge in [-0.3, -0.25) is 9.69 Å². The fourth-order valence-corrected chi connectivity index (χ4v) is 4.00. The summed E-state index contributed by atoms with van der Waals surface area (Å²) >= 11 is 0. The molecule has 4 nitrogen and oxygen atoms in total. The molecule has 4 heteroatoms. The van der Waals surface area contributed by atoms with Gasteiger partial charge in [0.1, 0.15) is 0 Å². The van der Waals surface area contributed by atoms with E-state index in [-0.39, 0.29) is 5.91 Å². The Kier molecular flexibility index (Phi) is 5.02.